The molecule has 128 valence electrons. The Kier molecular flexibility index (Phi) is 4.98. The number of nitrogens with zero attached hydrogens (tertiary/aromatic N) is 4. The Balaban J connectivity index is 1.82. The van der Waals surface area contributed by atoms with E-state index in [1.54, 1.807) is 5.51 Å². The fraction of sp³-hybridized carbons (Fsp3) is 0.438. The van der Waals surface area contributed by atoms with E-state index in [-0.39, 0.29) is 0 Å². The van der Waals surface area contributed by atoms with E-state index < -0.39 is 8.07 Å². The highest BCUT2D eigenvalue weighted by atomic mass is 32.1. The largest absolute Gasteiger partial charge is 0.387 e. The van der Waals surface area contributed by atoms with Crippen molar-refractivity contribution in [3.8, 4) is 10.6 Å². The summed E-state index contributed by atoms with van der Waals surface area (Å²) in [5.41, 5.74) is 4.65. The molecule has 0 amide bonds. The Bertz CT molecular complexity index is 810. The maximum atomic E-state index is 5.86. The van der Waals surface area contributed by atoms with Gasteiger partial charge in [0.15, 0.2) is 5.01 Å². The highest BCUT2D eigenvalue weighted by Crippen LogP contribution is 2.34. The van der Waals surface area contributed by atoms with E-state index in [4.69, 9.17) is 4.74 Å². The molecule has 0 aliphatic heterocycles. The lowest BCUT2D eigenvalue weighted by Gasteiger charge is -2.15. The van der Waals surface area contributed by atoms with Crippen LogP contribution in [0.3, 0.4) is 0 Å². The molecule has 0 aliphatic rings. The van der Waals surface area contributed by atoms with E-state index in [2.05, 4.69) is 46.2 Å². The molecule has 0 unspecified atom stereocenters. The number of nitrogens with one attached hydrogen (secondary N) is 1. The van der Waals surface area contributed by atoms with Crippen LogP contribution in [-0.2, 0) is 11.5 Å². The van der Waals surface area contributed by atoms with Crippen molar-refractivity contribution in [3.63, 3.8) is 0 Å². The quantitative estimate of drug-likeness (QED) is 0.510. The van der Waals surface area contributed by atoms with Gasteiger partial charge in [0.25, 0.3) is 0 Å². The third-order valence-electron chi connectivity index (χ3n) is 3.86. The summed E-state index contributed by atoms with van der Waals surface area (Å²) < 4.78 is 7.90. The minimum Gasteiger partial charge on any atom is -0.387 e. The van der Waals surface area contributed by atoms with Gasteiger partial charge < -0.3 is 14.6 Å². The molecule has 24 heavy (non-hydrogen) atoms. The Morgan fingerprint density at radius 1 is 1.33 bits per heavy atom. The van der Waals surface area contributed by atoms with Crippen LogP contribution < -0.4 is 5.32 Å². The van der Waals surface area contributed by atoms with Crippen LogP contribution >= 0.6 is 11.3 Å². The molecule has 0 atom stereocenters. The lowest BCUT2D eigenvalue weighted by molar-refractivity contribution is 0.0899. The van der Waals surface area contributed by atoms with Crippen molar-refractivity contribution in [3.05, 3.63) is 24.0 Å². The molecule has 0 fully saturated rings. The van der Waals surface area contributed by atoms with Gasteiger partial charge in [0.1, 0.15) is 17.9 Å². The van der Waals surface area contributed by atoms with Gasteiger partial charge in [-0.1, -0.05) is 31.0 Å². The summed E-state index contributed by atoms with van der Waals surface area (Å²) in [6.45, 7) is 8.41. The van der Waals surface area contributed by atoms with Gasteiger partial charge in [0.05, 0.1) is 11.3 Å². The average molecular weight is 362 g/mol. The lowest BCUT2D eigenvalue weighted by Crippen LogP contribution is -2.22. The van der Waals surface area contributed by atoms with Gasteiger partial charge in [0.2, 0.25) is 0 Å². The first-order valence-electron chi connectivity index (χ1n) is 7.99. The third kappa shape index (κ3) is 3.66. The highest BCUT2D eigenvalue weighted by Gasteiger charge is 2.15. The van der Waals surface area contributed by atoms with Gasteiger partial charge in [-0.05, 0) is 12.1 Å². The van der Waals surface area contributed by atoms with E-state index in [1.807, 2.05) is 24.0 Å². The highest BCUT2D eigenvalue weighted by molar-refractivity contribution is 7.12. The molecule has 0 aromatic carbocycles. The van der Waals surface area contributed by atoms with E-state index in [0.29, 0.717) is 6.73 Å². The van der Waals surface area contributed by atoms with E-state index >= 15 is 0 Å². The molecule has 0 spiro atoms. The lowest BCUT2D eigenvalue weighted by atomic mass is 10.2. The summed E-state index contributed by atoms with van der Waals surface area (Å²) in [7, 11) is 0.860. The number of aromatic nitrogens is 4. The van der Waals surface area contributed by atoms with Crippen LogP contribution in [0.2, 0.25) is 25.7 Å². The molecule has 0 saturated carbocycles. The maximum Gasteiger partial charge on any atom is 0.151 e. The van der Waals surface area contributed by atoms with Gasteiger partial charge in [-0.15, -0.1) is 10.2 Å². The number of ether oxygens (including phenoxy) is 1. The molecule has 1 N–H and O–H groups in total. The van der Waals surface area contributed by atoms with Gasteiger partial charge in [-0.25, -0.2) is 4.98 Å². The summed E-state index contributed by atoms with van der Waals surface area (Å²) in [4.78, 5) is 4.62. The van der Waals surface area contributed by atoms with Gasteiger partial charge in [-0.2, -0.15) is 0 Å². The molecule has 3 aromatic heterocycles. The number of fused-ring (bicyclic) bond motifs is 1. The second kappa shape index (κ2) is 7.00. The monoisotopic (exact) mass is 361 g/mol. The van der Waals surface area contributed by atoms with Crippen molar-refractivity contribution in [2.24, 2.45) is 0 Å². The molecule has 6 nitrogen and oxygen atoms in total. The third-order valence-corrected chi connectivity index (χ3v) is 6.28. The second-order valence-electron chi connectivity index (χ2n) is 6.91. The topological polar surface area (TPSA) is 64.9 Å². The summed E-state index contributed by atoms with van der Waals surface area (Å²) in [6.07, 6.45) is 3.88. The molecule has 3 heterocycles. The molecular formula is C16H23N5OSSi. The smallest absolute Gasteiger partial charge is 0.151 e. The summed E-state index contributed by atoms with van der Waals surface area (Å²) in [6, 6.07) is 3.24. The van der Waals surface area contributed by atoms with Gasteiger partial charge in [0, 0.05) is 39.5 Å². The van der Waals surface area contributed by atoms with Crippen LogP contribution in [0, 0.1) is 0 Å². The molecule has 0 bridgehead atoms. The molecule has 8 heteroatoms. The van der Waals surface area contributed by atoms with Gasteiger partial charge in [-0.3, -0.25) is 0 Å². The first kappa shape index (κ1) is 17.1. The minimum absolute atomic E-state index is 0.530. The Labute approximate surface area is 146 Å². The Hall–Kier alpha value is -1.77. The Morgan fingerprint density at radius 3 is 2.83 bits per heavy atom. The van der Waals surface area contributed by atoms with Crippen molar-refractivity contribution in [2.75, 3.05) is 19.0 Å². The SMILES string of the molecule is CNc1c(-c2nncs2)cnc2c1ccn2COCC[Si](C)(C)C. The van der Waals surface area contributed by atoms with E-state index in [0.717, 1.165) is 33.9 Å². The van der Waals surface area contributed by atoms with Crippen molar-refractivity contribution in [2.45, 2.75) is 32.4 Å². The van der Waals surface area contributed by atoms with Crippen LogP contribution in [0.25, 0.3) is 21.6 Å². The van der Waals surface area contributed by atoms with Gasteiger partial charge >= 0.3 is 0 Å². The first-order chi connectivity index (χ1) is 11.5. The van der Waals surface area contributed by atoms with Crippen LogP contribution in [0.5, 0.6) is 0 Å². The van der Waals surface area contributed by atoms with Crippen molar-refractivity contribution >= 4 is 36.1 Å². The molecular weight excluding hydrogens is 338 g/mol. The molecule has 0 radical (unpaired) electrons. The molecule has 0 aliphatic carbocycles. The zero-order chi connectivity index (χ0) is 17.2. The van der Waals surface area contributed by atoms with Crippen LogP contribution in [-0.4, -0.2) is 41.5 Å². The standard InChI is InChI=1S/C16H23N5OSSi/c1-17-14-12-5-6-21(11-22-7-8-24(2,3)4)15(12)18-9-13(14)16-20-19-10-23-16/h5-6,9-10H,7-8,11H2,1-4H3,(H,17,18). The predicted molar refractivity (Wildman–Crippen MR) is 102 cm³/mol. The fourth-order valence-corrected chi connectivity index (χ4v) is 3.83. The second-order valence-corrected chi connectivity index (χ2v) is 13.4. The van der Waals surface area contributed by atoms with Crippen molar-refractivity contribution in [1.29, 1.82) is 0 Å². The maximum absolute atomic E-state index is 5.86. The molecule has 3 rings (SSSR count). The predicted octanol–water partition coefficient (Wildman–Crippen LogP) is 3.91. The number of anilines is 1. The zero-order valence-electron chi connectivity index (χ0n) is 14.5. The molecule has 0 saturated heterocycles. The minimum atomic E-state index is -1.06. The molecule has 3 aromatic rings. The normalized spacial score (nSPS) is 12.0. The average Bonchev–Trinajstić information content (AvgIpc) is 3.19. The van der Waals surface area contributed by atoms with Crippen molar-refractivity contribution in [1.82, 2.24) is 19.7 Å². The summed E-state index contributed by atoms with van der Waals surface area (Å²) in [5.74, 6) is 0. The fourth-order valence-electron chi connectivity index (χ4n) is 2.51. The Morgan fingerprint density at radius 2 is 2.17 bits per heavy atom. The van der Waals surface area contributed by atoms with Crippen LogP contribution in [0.4, 0.5) is 5.69 Å². The number of hydrogen-bond acceptors (Lipinski definition) is 6. The van der Waals surface area contributed by atoms with E-state index in [1.165, 1.54) is 17.4 Å². The summed E-state index contributed by atoms with van der Waals surface area (Å²) >= 11 is 1.51. The number of rotatable bonds is 7. The number of hydrogen-bond donors (Lipinski definition) is 1. The van der Waals surface area contributed by atoms with Crippen LogP contribution in [0.15, 0.2) is 24.0 Å². The first-order valence-corrected chi connectivity index (χ1v) is 12.6. The number of pyridine rings is 1. The van der Waals surface area contributed by atoms with Crippen LogP contribution in [0.1, 0.15) is 0 Å². The summed E-state index contributed by atoms with van der Waals surface area (Å²) in [5, 5.41) is 13.3. The zero-order valence-corrected chi connectivity index (χ0v) is 16.4. The van der Waals surface area contributed by atoms with Crippen molar-refractivity contribution < 1.29 is 4.74 Å². The van der Waals surface area contributed by atoms with E-state index in [9.17, 15) is 0 Å².